The van der Waals surface area contributed by atoms with Crippen LogP contribution in [-0.4, -0.2) is 37.7 Å². The van der Waals surface area contributed by atoms with Crippen LogP contribution in [0.1, 0.15) is 22.2 Å². The third kappa shape index (κ3) is 3.34. The molecule has 0 aliphatic rings. The number of nitrogens with one attached hydrogen (secondary N) is 2. The molecule has 9 heteroatoms. The Balaban J connectivity index is 1.66. The zero-order valence-corrected chi connectivity index (χ0v) is 14.8. The van der Waals surface area contributed by atoms with Gasteiger partial charge in [0.25, 0.3) is 11.7 Å². The summed E-state index contributed by atoms with van der Waals surface area (Å²) in [7, 11) is 1.51. The number of amides is 1. The smallest absolute Gasteiger partial charge is 0.292 e. The third-order valence-electron chi connectivity index (χ3n) is 3.94. The van der Waals surface area contributed by atoms with Crippen molar-refractivity contribution in [2.75, 3.05) is 12.4 Å². The van der Waals surface area contributed by atoms with Crippen LogP contribution in [-0.2, 0) is 6.54 Å². The van der Waals surface area contributed by atoms with Gasteiger partial charge in [-0.25, -0.2) is 4.98 Å². The van der Waals surface area contributed by atoms with Crippen molar-refractivity contribution >= 4 is 17.4 Å². The highest BCUT2D eigenvalue weighted by molar-refractivity contribution is 5.89. The normalized spacial score (nSPS) is 10.9. The van der Waals surface area contributed by atoms with Gasteiger partial charge in [0.2, 0.25) is 5.89 Å². The number of aryl methyl sites for hydroxylation is 1. The molecule has 0 radical (unpaired) electrons. The lowest BCUT2D eigenvalue weighted by Gasteiger charge is -2.09. The van der Waals surface area contributed by atoms with E-state index in [1.165, 1.54) is 7.05 Å². The van der Waals surface area contributed by atoms with Gasteiger partial charge in [0, 0.05) is 24.7 Å². The molecule has 0 spiro atoms. The van der Waals surface area contributed by atoms with E-state index in [4.69, 9.17) is 4.52 Å². The Kier molecular flexibility index (Phi) is 4.25. The molecule has 3 aromatic heterocycles. The van der Waals surface area contributed by atoms with E-state index in [0.29, 0.717) is 5.89 Å². The molecule has 0 bridgehead atoms. The number of fused-ring (bicyclic) bond motifs is 1. The summed E-state index contributed by atoms with van der Waals surface area (Å²) < 4.78 is 6.83. The Hall–Kier alpha value is -3.75. The maximum atomic E-state index is 11.5. The molecule has 1 aromatic carbocycles. The number of carbonyl (C=O) groups is 1. The minimum Gasteiger partial charge on any atom is -0.361 e. The third-order valence-corrected chi connectivity index (χ3v) is 3.94. The fraction of sp³-hybridized carbons (Fsp3) is 0.167. The summed E-state index contributed by atoms with van der Waals surface area (Å²) in [5, 5.41) is 13.8. The lowest BCUT2D eigenvalue weighted by atomic mass is 10.1. The van der Waals surface area contributed by atoms with Crippen LogP contribution in [0.25, 0.3) is 16.9 Å². The molecule has 0 aliphatic heterocycles. The van der Waals surface area contributed by atoms with Gasteiger partial charge in [0.15, 0.2) is 5.65 Å². The number of carbonyl (C=O) groups excluding carboxylic acids is 1. The molecule has 4 rings (SSSR count). The Morgan fingerprint density at radius 2 is 2.00 bits per heavy atom. The van der Waals surface area contributed by atoms with Crippen molar-refractivity contribution in [1.82, 2.24) is 30.1 Å². The summed E-state index contributed by atoms with van der Waals surface area (Å²) in [5.74, 6) is 0.620. The summed E-state index contributed by atoms with van der Waals surface area (Å²) >= 11 is 0. The van der Waals surface area contributed by atoms with Crippen molar-refractivity contribution in [2.24, 2.45) is 0 Å². The largest absolute Gasteiger partial charge is 0.361 e. The van der Waals surface area contributed by atoms with Gasteiger partial charge in [-0.2, -0.15) is 14.6 Å². The van der Waals surface area contributed by atoms with E-state index in [1.807, 2.05) is 49.4 Å². The Morgan fingerprint density at radius 3 is 2.78 bits per heavy atom. The van der Waals surface area contributed by atoms with Gasteiger partial charge in [-0.05, 0) is 6.92 Å². The van der Waals surface area contributed by atoms with Crippen LogP contribution in [0, 0.1) is 6.92 Å². The Bertz CT molecular complexity index is 1100. The first kappa shape index (κ1) is 16.7. The van der Waals surface area contributed by atoms with Crippen LogP contribution < -0.4 is 10.6 Å². The topological polar surface area (TPSA) is 110 Å². The van der Waals surface area contributed by atoms with Gasteiger partial charge in [-0.15, -0.1) is 0 Å². The van der Waals surface area contributed by atoms with Gasteiger partial charge >= 0.3 is 0 Å². The average molecular weight is 363 g/mol. The molecule has 1 amide bonds. The van der Waals surface area contributed by atoms with E-state index < -0.39 is 5.91 Å². The van der Waals surface area contributed by atoms with Crippen LogP contribution in [0.5, 0.6) is 0 Å². The van der Waals surface area contributed by atoms with Crippen molar-refractivity contribution in [3.05, 3.63) is 59.9 Å². The molecule has 2 N–H and O–H groups in total. The van der Waals surface area contributed by atoms with Crippen molar-refractivity contribution in [3.63, 3.8) is 0 Å². The lowest BCUT2D eigenvalue weighted by Crippen LogP contribution is -2.19. The molecule has 0 fully saturated rings. The highest BCUT2D eigenvalue weighted by atomic mass is 16.5. The highest BCUT2D eigenvalue weighted by Gasteiger charge is 2.14. The second-order valence-electron chi connectivity index (χ2n) is 5.89. The molecule has 9 nitrogen and oxygen atoms in total. The fourth-order valence-electron chi connectivity index (χ4n) is 2.67. The van der Waals surface area contributed by atoms with Gasteiger partial charge in [-0.3, -0.25) is 4.79 Å². The van der Waals surface area contributed by atoms with Crippen LogP contribution in [0.15, 0.2) is 47.0 Å². The number of rotatable bonds is 5. The second-order valence-corrected chi connectivity index (χ2v) is 5.89. The average Bonchev–Trinajstić information content (AvgIpc) is 3.31. The van der Waals surface area contributed by atoms with Crippen LogP contribution in [0.2, 0.25) is 0 Å². The molecule has 3 heterocycles. The maximum Gasteiger partial charge on any atom is 0.292 e. The fourth-order valence-corrected chi connectivity index (χ4v) is 2.67. The van der Waals surface area contributed by atoms with Gasteiger partial charge in [-0.1, -0.05) is 35.5 Å². The van der Waals surface area contributed by atoms with Crippen LogP contribution >= 0.6 is 0 Å². The molecule has 0 saturated carbocycles. The van der Waals surface area contributed by atoms with Gasteiger partial charge in [0.1, 0.15) is 5.82 Å². The Labute approximate surface area is 154 Å². The summed E-state index contributed by atoms with van der Waals surface area (Å²) in [6.45, 7) is 2.16. The highest BCUT2D eigenvalue weighted by Crippen LogP contribution is 2.23. The molecule has 27 heavy (non-hydrogen) atoms. The van der Waals surface area contributed by atoms with E-state index in [0.717, 1.165) is 28.4 Å². The number of hydrogen-bond donors (Lipinski definition) is 2. The number of nitrogens with zero attached hydrogens (tertiary/aromatic N) is 5. The van der Waals surface area contributed by atoms with Crippen molar-refractivity contribution < 1.29 is 9.32 Å². The van der Waals surface area contributed by atoms with E-state index in [-0.39, 0.29) is 12.4 Å². The summed E-state index contributed by atoms with van der Waals surface area (Å²) in [5.41, 5.74) is 3.41. The molecule has 0 unspecified atom stereocenters. The SMILES string of the molecule is CNC(=O)c1noc(CNc2cc(-c3ccccc3)nc3cc(C)nn23)n1. The molecule has 4 aromatic rings. The predicted molar refractivity (Wildman–Crippen MR) is 98.2 cm³/mol. The quantitative estimate of drug-likeness (QED) is 0.558. The molecular formula is C18H17N7O2. The van der Waals surface area contributed by atoms with Crippen molar-refractivity contribution in [2.45, 2.75) is 13.5 Å². The van der Waals surface area contributed by atoms with Crippen molar-refractivity contribution in [3.8, 4) is 11.3 Å². The number of benzene rings is 1. The van der Waals surface area contributed by atoms with Crippen LogP contribution in [0.4, 0.5) is 5.82 Å². The molecule has 136 valence electrons. The minimum absolute atomic E-state index is 0.00548. The summed E-state index contributed by atoms with van der Waals surface area (Å²) in [6, 6.07) is 13.7. The first-order valence-corrected chi connectivity index (χ1v) is 8.35. The monoisotopic (exact) mass is 363 g/mol. The Morgan fingerprint density at radius 1 is 1.19 bits per heavy atom. The second kappa shape index (κ2) is 6.87. The summed E-state index contributed by atoms with van der Waals surface area (Å²) in [6.07, 6.45) is 0. The van der Waals surface area contributed by atoms with Gasteiger partial charge < -0.3 is 15.2 Å². The molecule has 0 saturated heterocycles. The van der Waals surface area contributed by atoms with E-state index >= 15 is 0 Å². The van der Waals surface area contributed by atoms with E-state index in [2.05, 4.69) is 30.9 Å². The zero-order valence-electron chi connectivity index (χ0n) is 14.8. The number of aromatic nitrogens is 5. The molecule has 0 atom stereocenters. The summed E-state index contributed by atoms with van der Waals surface area (Å²) in [4.78, 5) is 20.3. The zero-order chi connectivity index (χ0) is 18.8. The van der Waals surface area contributed by atoms with Gasteiger partial charge in [0.05, 0.1) is 17.9 Å². The molecule has 0 aliphatic carbocycles. The lowest BCUT2D eigenvalue weighted by molar-refractivity contribution is 0.0950. The minimum atomic E-state index is -0.398. The predicted octanol–water partition coefficient (Wildman–Crippen LogP) is 2.06. The van der Waals surface area contributed by atoms with E-state index in [1.54, 1.807) is 4.52 Å². The number of anilines is 1. The van der Waals surface area contributed by atoms with E-state index in [9.17, 15) is 4.79 Å². The standard InChI is InChI=1S/C18H17N7O2/c1-11-8-15-21-13(12-6-4-3-5-7-12)9-14(25(15)23-11)20-10-16-22-17(24-27-16)18(26)19-2/h3-9,20H,10H2,1-2H3,(H,19,26). The molecular weight excluding hydrogens is 346 g/mol. The van der Waals surface area contributed by atoms with Crippen LogP contribution in [0.3, 0.4) is 0 Å². The van der Waals surface area contributed by atoms with Crippen molar-refractivity contribution in [1.29, 1.82) is 0 Å². The first-order chi connectivity index (χ1) is 13.1. The first-order valence-electron chi connectivity index (χ1n) is 8.35. The maximum absolute atomic E-state index is 11.5. The number of hydrogen-bond acceptors (Lipinski definition) is 7.